The molecule has 100 valence electrons. The van der Waals surface area contributed by atoms with Gasteiger partial charge in [0.2, 0.25) is 5.78 Å². The number of rotatable bonds is 4. The van der Waals surface area contributed by atoms with E-state index >= 15 is 0 Å². The molecule has 0 N–H and O–H groups in total. The first-order valence-corrected chi connectivity index (χ1v) is 8.16. The van der Waals surface area contributed by atoms with E-state index in [2.05, 4.69) is 31.9 Å². The van der Waals surface area contributed by atoms with E-state index < -0.39 is 6.10 Å². The van der Waals surface area contributed by atoms with Gasteiger partial charge in [-0.2, -0.15) is 0 Å². The summed E-state index contributed by atoms with van der Waals surface area (Å²) in [5.41, 5.74) is 0. The summed E-state index contributed by atoms with van der Waals surface area (Å²) in [6.45, 7) is 1.73. The van der Waals surface area contributed by atoms with Crippen LogP contribution in [0.25, 0.3) is 0 Å². The molecule has 1 aromatic heterocycles. The zero-order valence-electron chi connectivity index (χ0n) is 9.82. The molecule has 2 rings (SSSR count). The lowest BCUT2D eigenvalue weighted by Gasteiger charge is -2.14. The highest BCUT2D eigenvalue weighted by Gasteiger charge is 2.19. The lowest BCUT2D eigenvalue weighted by molar-refractivity contribution is 0.0821. The number of hydrogen-bond acceptors (Lipinski definition) is 3. The normalized spacial score (nSPS) is 12.2. The fraction of sp³-hybridized carbons (Fsp3) is 0.154. The molecule has 0 spiro atoms. The quantitative estimate of drug-likeness (QED) is 0.599. The van der Waals surface area contributed by atoms with Gasteiger partial charge in [0.25, 0.3) is 0 Å². The van der Waals surface area contributed by atoms with Gasteiger partial charge >= 0.3 is 0 Å². The third-order valence-corrected chi connectivity index (χ3v) is 4.74. The standard InChI is InChI=1S/C13H9Br2ClO2S/c1-7(13(17)11-4-5-12(16)19-11)18-10-3-2-8(14)6-9(10)15/h2-7H,1H3. The van der Waals surface area contributed by atoms with Crippen molar-refractivity contribution in [3.63, 3.8) is 0 Å². The number of ketones is 1. The van der Waals surface area contributed by atoms with Crippen LogP contribution in [0, 0.1) is 0 Å². The molecule has 0 saturated heterocycles. The first kappa shape index (κ1) is 15.0. The minimum atomic E-state index is -0.563. The van der Waals surface area contributed by atoms with E-state index in [1.165, 1.54) is 11.3 Å². The summed E-state index contributed by atoms with van der Waals surface area (Å²) in [5.74, 6) is 0.554. The van der Waals surface area contributed by atoms with Gasteiger partial charge in [-0.1, -0.05) is 27.5 Å². The molecule has 1 heterocycles. The van der Waals surface area contributed by atoms with Crippen molar-refractivity contribution in [2.24, 2.45) is 0 Å². The predicted octanol–water partition coefficient (Wildman–Crippen LogP) is 5.58. The van der Waals surface area contributed by atoms with Gasteiger partial charge in [-0.25, -0.2) is 0 Å². The van der Waals surface area contributed by atoms with Gasteiger partial charge in [0.15, 0.2) is 6.10 Å². The van der Waals surface area contributed by atoms with Gasteiger partial charge in [-0.15, -0.1) is 11.3 Å². The van der Waals surface area contributed by atoms with Crippen molar-refractivity contribution in [1.82, 2.24) is 0 Å². The lowest BCUT2D eigenvalue weighted by atomic mass is 10.2. The highest BCUT2D eigenvalue weighted by atomic mass is 79.9. The van der Waals surface area contributed by atoms with E-state index in [1.807, 2.05) is 12.1 Å². The van der Waals surface area contributed by atoms with Crippen LogP contribution in [-0.2, 0) is 0 Å². The topological polar surface area (TPSA) is 26.3 Å². The fourth-order valence-electron chi connectivity index (χ4n) is 1.46. The van der Waals surface area contributed by atoms with Crippen molar-refractivity contribution in [3.05, 3.63) is 48.5 Å². The zero-order valence-corrected chi connectivity index (χ0v) is 14.6. The van der Waals surface area contributed by atoms with E-state index in [1.54, 1.807) is 25.1 Å². The summed E-state index contributed by atoms with van der Waals surface area (Å²) in [6, 6.07) is 8.96. The molecule has 1 aromatic carbocycles. The largest absolute Gasteiger partial charge is 0.481 e. The molecule has 0 aliphatic rings. The number of Topliss-reactive ketones (excluding diaryl/α,β-unsaturated/α-hetero) is 1. The first-order chi connectivity index (χ1) is 8.97. The van der Waals surface area contributed by atoms with Gasteiger partial charge < -0.3 is 4.74 Å². The molecule has 0 bridgehead atoms. The maximum atomic E-state index is 12.1. The monoisotopic (exact) mass is 422 g/mol. The second-order valence-corrected chi connectivity index (χ2v) is 7.29. The third-order valence-electron chi connectivity index (χ3n) is 2.38. The summed E-state index contributed by atoms with van der Waals surface area (Å²) in [4.78, 5) is 12.7. The molecule has 1 atom stereocenters. The molecule has 1 unspecified atom stereocenters. The van der Waals surface area contributed by atoms with E-state index in [4.69, 9.17) is 16.3 Å². The Bertz CT molecular complexity index is 612. The third kappa shape index (κ3) is 3.81. The zero-order chi connectivity index (χ0) is 14.0. The summed E-state index contributed by atoms with van der Waals surface area (Å²) < 4.78 is 8.01. The number of benzene rings is 1. The molecule has 0 amide bonds. The van der Waals surface area contributed by atoms with Crippen LogP contribution in [0.3, 0.4) is 0 Å². The number of hydrogen-bond donors (Lipinski definition) is 0. The molecule has 0 radical (unpaired) electrons. The SMILES string of the molecule is CC(Oc1ccc(Br)cc1Br)C(=O)c1ccc(Cl)s1. The average Bonchev–Trinajstić information content (AvgIpc) is 2.78. The van der Waals surface area contributed by atoms with E-state index in [0.29, 0.717) is 15.0 Å². The van der Waals surface area contributed by atoms with Gasteiger partial charge in [0, 0.05) is 4.47 Å². The number of carbonyl (C=O) groups excluding carboxylic acids is 1. The Hall–Kier alpha value is -0.360. The van der Waals surface area contributed by atoms with Gasteiger partial charge in [-0.05, 0) is 53.2 Å². The van der Waals surface area contributed by atoms with Crippen LogP contribution in [0.2, 0.25) is 4.34 Å². The van der Waals surface area contributed by atoms with Crippen molar-refractivity contribution < 1.29 is 9.53 Å². The molecule has 19 heavy (non-hydrogen) atoms. The van der Waals surface area contributed by atoms with Crippen molar-refractivity contribution in [2.75, 3.05) is 0 Å². The summed E-state index contributed by atoms with van der Waals surface area (Å²) in [7, 11) is 0. The minimum absolute atomic E-state index is 0.0771. The summed E-state index contributed by atoms with van der Waals surface area (Å²) in [6.07, 6.45) is -0.563. The maximum Gasteiger partial charge on any atom is 0.212 e. The molecule has 6 heteroatoms. The van der Waals surface area contributed by atoms with Crippen LogP contribution in [0.4, 0.5) is 0 Å². The number of thiophene rings is 1. The van der Waals surface area contributed by atoms with E-state index in [9.17, 15) is 4.79 Å². The Morgan fingerprint density at radius 1 is 1.32 bits per heavy atom. The molecule has 0 saturated carbocycles. The molecule has 2 nitrogen and oxygen atoms in total. The van der Waals surface area contributed by atoms with Crippen molar-refractivity contribution >= 4 is 60.6 Å². The Morgan fingerprint density at radius 2 is 2.05 bits per heavy atom. The van der Waals surface area contributed by atoms with Crippen molar-refractivity contribution in [1.29, 1.82) is 0 Å². The maximum absolute atomic E-state index is 12.1. The van der Waals surface area contributed by atoms with E-state index in [0.717, 1.165) is 8.95 Å². The van der Waals surface area contributed by atoms with Crippen LogP contribution in [0.5, 0.6) is 5.75 Å². The second kappa shape index (κ2) is 6.39. The molecule has 0 fully saturated rings. The van der Waals surface area contributed by atoms with Crippen LogP contribution in [0.15, 0.2) is 39.3 Å². The van der Waals surface area contributed by atoms with Crippen LogP contribution < -0.4 is 4.74 Å². The van der Waals surface area contributed by atoms with Crippen LogP contribution >= 0.6 is 54.8 Å². The smallest absolute Gasteiger partial charge is 0.212 e. The number of carbonyl (C=O) groups is 1. The number of ether oxygens (including phenoxy) is 1. The van der Waals surface area contributed by atoms with Crippen LogP contribution in [-0.4, -0.2) is 11.9 Å². The minimum Gasteiger partial charge on any atom is -0.481 e. The highest BCUT2D eigenvalue weighted by Crippen LogP contribution is 2.30. The molecule has 2 aromatic rings. The summed E-state index contributed by atoms with van der Waals surface area (Å²) >= 11 is 13.8. The van der Waals surface area contributed by atoms with Gasteiger partial charge in [0.05, 0.1) is 13.7 Å². The highest BCUT2D eigenvalue weighted by molar-refractivity contribution is 9.11. The second-order valence-electron chi connectivity index (χ2n) is 3.80. The van der Waals surface area contributed by atoms with Crippen molar-refractivity contribution in [2.45, 2.75) is 13.0 Å². The molecule has 0 aliphatic carbocycles. The summed E-state index contributed by atoms with van der Waals surface area (Å²) in [5, 5.41) is 0. The van der Waals surface area contributed by atoms with Crippen LogP contribution in [0.1, 0.15) is 16.6 Å². The lowest BCUT2D eigenvalue weighted by Crippen LogP contribution is -2.23. The Labute approximate surface area is 137 Å². The average molecular weight is 425 g/mol. The molecule has 0 aliphatic heterocycles. The Morgan fingerprint density at radius 3 is 2.63 bits per heavy atom. The fourth-order valence-corrected chi connectivity index (χ4v) is 3.66. The Balaban J connectivity index is 2.12. The van der Waals surface area contributed by atoms with Crippen molar-refractivity contribution in [3.8, 4) is 5.75 Å². The van der Waals surface area contributed by atoms with E-state index in [-0.39, 0.29) is 5.78 Å². The predicted molar refractivity (Wildman–Crippen MR) is 85.6 cm³/mol. The first-order valence-electron chi connectivity index (χ1n) is 5.38. The Kier molecular flexibility index (Phi) is 5.06. The molecular weight excluding hydrogens is 415 g/mol. The molecular formula is C13H9Br2ClO2S. The van der Waals surface area contributed by atoms with Gasteiger partial charge in [0.1, 0.15) is 5.75 Å². The number of halogens is 3. The van der Waals surface area contributed by atoms with Gasteiger partial charge in [-0.3, -0.25) is 4.79 Å².